The molecule has 0 aliphatic carbocycles. The van der Waals surface area contributed by atoms with Crippen LogP contribution in [0.3, 0.4) is 0 Å². The largest absolute Gasteiger partial charge is 0.454 e. The van der Waals surface area contributed by atoms with Crippen LogP contribution in [0.1, 0.15) is 53.5 Å². The fourth-order valence-corrected chi connectivity index (χ4v) is 4.38. The van der Waals surface area contributed by atoms with Crippen molar-refractivity contribution in [2.45, 2.75) is 53.2 Å². The van der Waals surface area contributed by atoms with Gasteiger partial charge in [-0.05, 0) is 54.2 Å². The van der Waals surface area contributed by atoms with Crippen molar-refractivity contribution in [3.63, 3.8) is 0 Å². The first-order chi connectivity index (χ1) is 16.2. The van der Waals surface area contributed by atoms with Gasteiger partial charge >= 0.3 is 0 Å². The lowest BCUT2D eigenvalue weighted by Crippen LogP contribution is -2.51. The molecule has 3 amide bonds. The molecular formula is C25H30N4O5. The Labute approximate surface area is 198 Å². The molecule has 34 heavy (non-hydrogen) atoms. The van der Waals surface area contributed by atoms with E-state index in [0.29, 0.717) is 43.1 Å². The predicted octanol–water partition coefficient (Wildman–Crippen LogP) is 2.09. The summed E-state index contributed by atoms with van der Waals surface area (Å²) in [7, 11) is 0. The number of fused-ring (bicyclic) bond motifs is 2. The Balaban J connectivity index is 1.47. The Bertz CT molecular complexity index is 1130. The van der Waals surface area contributed by atoms with Crippen LogP contribution in [0.15, 0.2) is 24.4 Å². The fraction of sp³-hybridized carbons (Fsp3) is 0.440. The van der Waals surface area contributed by atoms with Crippen LogP contribution in [0.2, 0.25) is 0 Å². The zero-order valence-electron chi connectivity index (χ0n) is 19.9. The molecule has 180 valence electrons. The summed E-state index contributed by atoms with van der Waals surface area (Å²) in [6.45, 7) is 8.64. The molecule has 9 heteroatoms. The first-order valence-electron chi connectivity index (χ1n) is 11.4. The van der Waals surface area contributed by atoms with E-state index in [4.69, 9.17) is 9.47 Å². The van der Waals surface area contributed by atoms with Crippen molar-refractivity contribution in [3.05, 3.63) is 52.3 Å². The van der Waals surface area contributed by atoms with Gasteiger partial charge in [-0.25, -0.2) is 0 Å². The maximum atomic E-state index is 13.1. The molecule has 2 aliphatic rings. The molecule has 2 aliphatic heterocycles. The minimum Gasteiger partial charge on any atom is -0.454 e. The molecule has 3 heterocycles. The molecule has 0 radical (unpaired) electrons. The number of hydrogen-bond acceptors (Lipinski definition) is 6. The summed E-state index contributed by atoms with van der Waals surface area (Å²) < 4.78 is 10.7. The van der Waals surface area contributed by atoms with Crippen LogP contribution in [0.5, 0.6) is 11.5 Å². The van der Waals surface area contributed by atoms with Crippen molar-refractivity contribution < 1.29 is 23.9 Å². The van der Waals surface area contributed by atoms with Gasteiger partial charge in [-0.2, -0.15) is 0 Å². The van der Waals surface area contributed by atoms with Crippen LogP contribution < -0.4 is 20.1 Å². The average Bonchev–Trinajstić information content (AvgIpc) is 3.28. The van der Waals surface area contributed by atoms with Gasteiger partial charge in [0.2, 0.25) is 18.6 Å². The van der Waals surface area contributed by atoms with Crippen molar-refractivity contribution in [2.75, 3.05) is 13.3 Å². The number of aryl methyl sites for hydroxylation is 1. The highest BCUT2D eigenvalue weighted by atomic mass is 16.7. The van der Waals surface area contributed by atoms with Crippen LogP contribution in [-0.2, 0) is 29.1 Å². The SMILES string of the molecule is CC(=O)NC(C(=O)N1CCc2c(cnc(C)c2CNC(=O)c2ccc3c(c2)OCO3)C1)C(C)C. The third-order valence-electron chi connectivity index (χ3n) is 6.26. The zero-order chi connectivity index (χ0) is 24.4. The first kappa shape index (κ1) is 23.5. The number of benzene rings is 1. The molecule has 2 aromatic rings. The van der Waals surface area contributed by atoms with Gasteiger partial charge in [0.25, 0.3) is 5.91 Å². The fourth-order valence-electron chi connectivity index (χ4n) is 4.38. The topological polar surface area (TPSA) is 110 Å². The Morgan fingerprint density at radius 1 is 1.18 bits per heavy atom. The second kappa shape index (κ2) is 9.70. The number of ether oxygens (including phenoxy) is 2. The molecule has 0 saturated carbocycles. The quantitative estimate of drug-likeness (QED) is 0.675. The van der Waals surface area contributed by atoms with Gasteiger partial charge in [0.15, 0.2) is 11.5 Å². The normalized spacial score (nSPS) is 15.0. The molecule has 1 atom stereocenters. The number of carbonyl (C=O) groups excluding carboxylic acids is 3. The molecule has 0 spiro atoms. The van der Waals surface area contributed by atoms with E-state index in [1.165, 1.54) is 6.92 Å². The lowest BCUT2D eigenvalue weighted by Gasteiger charge is -2.34. The van der Waals surface area contributed by atoms with Crippen molar-refractivity contribution in [1.29, 1.82) is 0 Å². The Morgan fingerprint density at radius 2 is 1.94 bits per heavy atom. The van der Waals surface area contributed by atoms with Crippen molar-refractivity contribution >= 4 is 17.7 Å². The van der Waals surface area contributed by atoms with E-state index in [0.717, 1.165) is 22.4 Å². The molecular weight excluding hydrogens is 436 g/mol. The molecule has 0 fully saturated rings. The number of pyridine rings is 1. The maximum absolute atomic E-state index is 13.1. The Hall–Kier alpha value is -3.62. The molecule has 9 nitrogen and oxygen atoms in total. The molecule has 4 rings (SSSR count). The number of nitrogens with zero attached hydrogens (tertiary/aromatic N) is 2. The zero-order valence-corrected chi connectivity index (χ0v) is 19.9. The number of amides is 3. The third kappa shape index (κ3) is 4.83. The standard InChI is InChI=1S/C25H30N4O5/c1-14(2)23(28-16(4)30)25(32)29-8-7-19-18(12-29)10-26-15(3)20(19)11-27-24(31)17-5-6-21-22(9-17)34-13-33-21/h5-6,9-10,14,23H,7-8,11-13H2,1-4H3,(H,27,31)(H,28,30). The van der Waals surface area contributed by atoms with E-state index < -0.39 is 6.04 Å². The third-order valence-corrected chi connectivity index (χ3v) is 6.26. The summed E-state index contributed by atoms with van der Waals surface area (Å²) in [5, 5.41) is 5.76. The van der Waals surface area contributed by atoms with E-state index in [2.05, 4.69) is 15.6 Å². The Kier molecular flexibility index (Phi) is 6.72. The van der Waals surface area contributed by atoms with Gasteiger partial charge in [-0.1, -0.05) is 13.8 Å². The Morgan fingerprint density at radius 3 is 2.68 bits per heavy atom. The summed E-state index contributed by atoms with van der Waals surface area (Å²) in [4.78, 5) is 43.7. The number of rotatable bonds is 6. The van der Waals surface area contributed by atoms with Gasteiger partial charge in [-0.3, -0.25) is 19.4 Å². The second-order valence-corrected chi connectivity index (χ2v) is 9.01. The monoisotopic (exact) mass is 466 g/mol. The van der Waals surface area contributed by atoms with Gasteiger partial charge in [-0.15, -0.1) is 0 Å². The van der Waals surface area contributed by atoms with Crippen molar-refractivity contribution in [2.24, 2.45) is 5.92 Å². The van der Waals surface area contributed by atoms with E-state index in [9.17, 15) is 14.4 Å². The lowest BCUT2D eigenvalue weighted by molar-refractivity contribution is -0.138. The number of nitrogens with one attached hydrogen (secondary N) is 2. The molecule has 1 aromatic carbocycles. The molecule has 0 saturated heterocycles. The highest BCUT2D eigenvalue weighted by Gasteiger charge is 2.31. The number of carbonyl (C=O) groups is 3. The molecule has 2 N–H and O–H groups in total. The number of aromatic nitrogens is 1. The van der Waals surface area contributed by atoms with Crippen LogP contribution in [-0.4, -0.2) is 47.0 Å². The van der Waals surface area contributed by atoms with E-state index >= 15 is 0 Å². The average molecular weight is 467 g/mol. The predicted molar refractivity (Wildman–Crippen MR) is 124 cm³/mol. The van der Waals surface area contributed by atoms with Gasteiger partial charge in [0.1, 0.15) is 6.04 Å². The second-order valence-electron chi connectivity index (χ2n) is 9.01. The van der Waals surface area contributed by atoms with Crippen LogP contribution in [0.4, 0.5) is 0 Å². The molecule has 0 bridgehead atoms. The van der Waals surface area contributed by atoms with E-state index in [1.54, 1.807) is 29.3 Å². The van der Waals surface area contributed by atoms with E-state index in [1.807, 2.05) is 20.8 Å². The molecule has 1 unspecified atom stereocenters. The van der Waals surface area contributed by atoms with E-state index in [-0.39, 0.29) is 30.4 Å². The van der Waals surface area contributed by atoms with Crippen LogP contribution >= 0.6 is 0 Å². The summed E-state index contributed by atoms with van der Waals surface area (Å²) >= 11 is 0. The molecule has 1 aromatic heterocycles. The maximum Gasteiger partial charge on any atom is 0.251 e. The van der Waals surface area contributed by atoms with Crippen LogP contribution in [0, 0.1) is 12.8 Å². The lowest BCUT2D eigenvalue weighted by atomic mass is 9.93. The minimum absolute atomic E-state index is 0.0177. The highest BCUT2D eigenvalue weighted by molar-refractivity contribution is 5.95. The van der Waals surface area contributed by atoms with Crippen molar-refractivity contribution in [3.8, 4) is 11.5 Å². The summed E-state index contributed by atoms with van der Waals surface area (Å²) in [6, 6.07) is 4.55. The van der Waals surface area contributed by atoms with Gasteiger partial charge in [0.05, 0.1) is 0 Å². The van der Waals surface area contributed by atoms with Gasteiger partial charge in [0, 0.05) is 44.0 Å². The summed E-state index contributed by atoms with van der Waals surface area (Å²) in [6.07, 6.45) is 2.46. The smallest absolute Gasteiger partial charge is 0.251 e. The number of hydrogen-bond donors (Lipinski definition) is 2. The van der Waals surface area contributed by atoms with Gasteiger partial charge < -0.3 is 25.0 Å². The van der Waals surface area contributed by atoms with Crippen molar-refractivity contribution in [1.82, 2.24) is 20.5 Å². The first-order valence-corrected chi connectivity index (χ1v) is 11.4. The highest BCUT2D eigenvalue weighted by Crippen LogP contribution is 2.32. The summed E-state index contributed by atoms with van der Waals surface area (Å²) in [5.74, 6) is 0.655. The van der Waals surface area contributed by atoms with Crippen LogP contribution in [0.25, 0.3) is 0 Å². The minimum atomic E-state index is -0.557. The summed E-state index contributed by atoms with van der Waals surface area (Å²) in [5.41, 5.74) is 4.39.